The number of para-hydroxylation sites is 1. The summed E-state index contributed by atoms with van der Waals surface area (Å²) in [5.74, 6) is 1.47. The number of rotatable bonds is 8. The minimum atomic E-state index is 0.485. The summed E-state index contributed by atoms with van der Waals surface area (Å²) in [5.41, 5.74) is 2.17. The number of aromatic nitrogens is 2. The van der Waals surface area contributed by atoms with Crippen molar-refractivity contribution in [3.05, 3.63) is 48.3 Å². The monoisotopic (exact) mass is 398 g/mol. The molecule has 0 bridgehead atoms. The van der Waals surface area contributed by atoms with Crippen molar-refractivity contribution in [2.24, 2.45) is 10.9 Å². The van der Waals surface area contributed by atoms with Gasteiger partial charge in [0, 0.05) is 51.0 Å². The van der Waals surface area contributed by atoms with Gasteiger partial charge >= 0.3 is 0 Å². The summed E-state index contributed by atoms with van der Waals surface area (Å²) in [6, 6.07) is 10.6. The average molecular weight is 399 g/mol. The fourth-order valence-electron chi connectivity index (χ4n) is 3.64. The van der Waals surface area contributed by atoms with E-state index in [0.29, 0.717) is 18.5 Å². The van der Waals surface area contributed by atoms with Crippen LogP contribution in [-0.2, 0) is 11.3 Å². The van der Waals surface area contributed by atoms with Crippen LogP contribution < -0.4 is 10.6 Å². The molecule has 1 aliphatic heterocycles. The molecule has 2 heterocycles. The molecule has 1 atom stereocenters. The number of benzene rings is 1. The second-order valence-electron chi connectivity index (χ2n) is 7.87. The second-order valence-corrected chi connectivity index (χ2v) is 7.87. The molecule has 7 nitrogen and oxygen atoms in total. The first-order chi connectivity index (χ1) is 14.2. The van der Waals surface area contributed by atoms with Crippen molar-refractivity contribution in [2.45, 2.75) is 32.9 Å². The Morgan fingerprint density at radius 3 is 2.62 bits per heavy atom. The Labute approximate surface area is 174 Å². The van der Waals surface area contributed by atoms with Crippen molar-refractivity contribution in [1.82, 2.24) is 25.3 Å². The highest BCUT2D eigenvalue weighted by atomic mass is 16.5. The van der Waals surface area contributed by atoms with Gasteiger partial charge in [-0.05, 0) is 24.5 Å². The van der Waals surface area contributed by atoms with E-state index in [-0.39, 0.29) is 0 Å². The smallest absolute Gasteiger partial charge is 0.191 e. The van der Waals surface area contributed by atoms with Crippen LogP contribution in [0.15, 0.2) is 47.7 Å². The predicted octanol–water partition coefficient (Wildman–Crippen LogP) is 2.28. The summed E-state index contributed by atoms with van der Waals surface area (Å²) < 4.78 is 7.41. The zero-order valence-electron chi connectivity index (χ0n) is 17.8. The maximum absolute atomic E-state index is 5.52. The molecule has 29 heavy (non-hydrogen) atoms. The third kappa shape index (κ3) is 6.58. The van der Waals surface area contributed by atoms with Gasteiger partial charge in [-0.25, -0.2) is 4.68 Å². The van der Waals surface area contributed by atoms with Crippen molar-refractivity contribution in [3.63, 3.8) is 0 Å². The summed E-state index contributed by atoms with van der Waals surface area (Å²) in [6.45, 7) is 9.78. The Kier molecular flexibility index (Phi) is 8.07. The molecule has 0 aliphatic carbocycles. The van der Waals surface area contributed by atoms with Crippen LogP contribution in [-0.4, -0.2) is 66.6 Å². The zero-order valence-corrected chi connectivity index (χ0v) is 17.8. The Bertz CT molecular complexity index is 752. The number of guanidine groups is 1. The minimum absolute atomic E-state index is 0.485. The zero-order chi connectivity index (χ0) is 20.5. The number of nitrogens with zero attached hydrogens (tertiary/aromatic N) is 4. The second kappa shape index (κ2) is 11.0. The molecule has 1 unspecified atom stereocenters. The lowest BCUT2D eigenvalue weighted by Gasteiger charge is -2.35. The number of ether oxygens (including phenoxy) is 1. The maximum atomic E-state index is 5.52. The SMILES string of the molecule is CN=C(NCc1cnn(-c2ccccc2)c1)NCC(CC(C)C)N1CCOCC1. The van der Waals surface area contributed by atoms with Crippen LogP contribution >= 0.6 is 0 Å². The van der Waals surface area contributed by atoms with Gasteiger partial charge < -0.3 is 15.4 Å². The molecule has 2 N–H and O–H groups in total. The summed E-state index contributed by atoms with van der Waals surface area (Å²) in [6.07, 6.45) is 5.10. The molecule has 2 aromatic rings. The first-order valence-electron chi connectivity index (χ1n) is 10.5. The van der Waals surface area contributed by atoms with Crippen molar-refractivity contribution >= 4 is 5.96 Å². The average Bonchev–Trinajstić information content (AvgIpc) is 3.23. The lowest BCUT2D eigenvalue weighted by molar-refractivity contribution is 0.0132. The highest BCUT2D eigenvalue weighted by Crippen LogP contribution is 2.13. The lowest BCUT2D eigenvalue weighted by atomic mass is 10.0. The molecule has 158 valence electrons. The Hall–Kier alpha value is -2.38. The lowest BCUT2D eigenvalue weighted by Crippen LogP contribution is -2.50. The van der Waals surface area contributed by atoms with Crippen LogP contribution in [0, 0.1) is 5.92 Å². The molecule has 1 saturated heterocycles. The van der Waals surface area contributed by atoms with E-state index in [0.717, 1.165) is 56.5 Å². The van der Waals surface area contributed by atoms with Crippen molar-refractivity contribution in [1.29, 1.82) is 0 Å². The molecule has 0 spiro atoms. The highest BCUT2D eigenvalue weighted by molar-refractivity contribution is 5.79. The van der Waals surface area contributed by atoms with Gasteiger partial charge in [0.25, 0.3) is 0 Å². The topological polar surface area (TPSA) is 66.7 Å². The van der Waals surface area contributed by atoms with Crippen LogP contribution in [0.1, 0.15) is 25.8 Å². The van der Waals surface area contributed by atoms with E-state index in [1.165, 1.54) is 0 Å². The van der Waals surface area contributed by atoms with E-state index in [4.69, 9.17) is 4.74 Å². The standard InChI is InChI=1S/C22H34N6O/c1-18(2)13-21(27-9-11-29-12-10-27)16-25-22(23-3)24-14-19-15-26-28(17-19)20-7-5-4-6-8-20/h4-8,15,17-18,21H,9-14,16H2,1-3H3,(H2,23,24,25). The fraction of sp³-hybridized carbons (Fsp3) is 0.545. The van der Waals surface area contributed by atoms with Crippen LogP contribution in [0.4, 0.5) is 0 Å². The molecule has 1 aromatic carbocycles. The first kappa shape index (κ1) is 21.3. The Morgan fingerprint density at radius 2 is 1.93 bits per heavy atom. The number of hydrogen-bond donors (Lipinski definition) is 2. The van der Waals surface area contributed by atoms with Gasteiger partial charge in [0.2, 0.25) is 0 Å². The molecule has 1 aromatic heterocycles. The van der Waals surface area contributed by atoms with Crippen molar-refractivity contribution < 1.29 is 4.74 Å². The van der Waals surface area contributed by atoms with E-state index >= 15 is 0 Å². The summed E-state index contributed by atoms with van der Waals surface area (Å²) in [4.78, 5) is 6.92. The Morgan fingerprint density at radius 1 is 1.17 bits per heavy atom. The van der Waals surface area contributed by atoms with Crippen LogP contribution in [0.25, 0.3) is 5.69 Å². The predicted molar refractivity (Wildman–Crippen MR) is 117 cm³/mol. The van der Waals surface area contributed by atoms with Crippen molar-refractivity contribution in [3.8, 4) is 5.69 Å². The molecule has 7 heteroatoms. The van der Waals surface area contributed by atoms with Gasteiger partial charge in [-0.3, -0.25) is 9.89 Å². The van der Waals surface area contributed by atoms with Crippen LogP contribution in [0.3, 0.4) is 0 Å². The molecular formula is C22H34N6O. The maximum Gasteiger partial charge on any atom is 0.191 e. The van der Waals surface area contributed by atoms with E-state index in [2.05, 4.69) is 39.5 Å². The summed E-state index contributed by atoms with van der Waals surface area (Å²) >= 11 is 0. The van der Waals surface area contributed by atoms with E-state index < -0.39 is 0 Å². The largest absolute Gasteiger partial charge is 0.379 e. The first-order valence-corrected chi connectivity index (χ1v) is 10.5. The molecule has 3 rings (SSSR count). The minimum Gasteiger partial charge on any atom is -0.379 e. The number of aliphatic imine (C=N–C) groups is 1. The summed E-state index contributed by atoms with van der Waals surface area (Å²) in [7, 11) is 1.81. The van der Waals surface area contributed by atoms with Gasteiger partial charge in [0.05, 0.1) is 25.1 Å². The molecular weight excluding hydrogens is 364 g/mol. The van der Waals surface area contributed by atoms with E-state index in [1.807, 2.05) is 54.5 Å². The quantitative estimate of drug-likeness (QED) is 0.528. The van der Waals surface area contributed by atoms with Crippen LogP contribution in [0.2, 0.25) is 0 Å². The van der Waals surface area contributed by atoms with E-state index in [9.17, 15) is 0 Å². The molecule has 1 aliphatic rings. The molecule has 1 fully saturated rings. The Balaban J connectivity index is 1.51. The highest BCUT2D eigenvalue weighted by Gasteiger charge is 2.22. The molecule has 0 saturated carbocycles. The molecule has 0 amide bonds. The van der Waals surface area contributed by atoms with Gasteiger partial charge in [-0.1, -0.05) is 32.0 Å². The third-order valence-electron chi connectivity index (χ3n) is 5.15. The van der Waals surface area contributed by atoms with Gasteiger partial charge in [-0.2, -0.15) is 5.10 Å². The number of morpholine rings is 1. The van der Waals surface area contributed by atoms with Gasteiger partial charge in [0.1, 0.15) is 0 Å². The van der Waals surface area contributed by atoms with Gasteiger partial charge in [0.15, 0.2) is 5.96 Å². The van der Waals surface area contributed by atoms with Gasteiger partial charge in [-0.15, -0.1) is 0 Å². The number of nitrogens with one attached hydrogen (secondary N) is 2. The van der Waals surface area contributed by atoms with Crippen LogP contribution in [0.5, 0.6) is 0 Å². The normalized spacial score (nSPS) is 16.8. The van der Waals surface area contributed by atoms with E-state index in [1.54, 1.807) is 0 Å². The third-order valence-corrected chi connectivity index (χ3v) is 5.15. The fourth-order valence-corrected chi connectivity index (χ4v) is 3.64. The molecule has 0 radical (unpaired) electrons. The van der Waals surface area contributed by atoms with Crippen molar-refractivity contribution in [2.75, 3.05) is 39.9 Å². The number of hydrogen-bond acceptors (Lipinski definition) is 4. The summed E-state index contributed by atoms with van der Waals surface area (Å²) in [5, 5.41) is 11.4.